The maximum Gasteiger partial charge on any atom is 0.270 e. The van der Waals surface area contributed by atoms with Crippen molar-refractivity contribution in [2.24, 2.45) is 0 Å². The van der Waals surface area contributed by atoms with E-state index in [0.29, 0.717) is 6.04 Å². The van der Waals surface area contributed by atoms with Crippen LogP contribution in [0.25, 0.3) is 0 Å². The lowest BCUT2D eigenvalue weighted by atomic mass is 10.2. The zero-order valence-corrected chi connectivity index (χ0v) is 13.2. The Morgan fingerprint density at radius 3 is 2.95 bits per heavy atom. The summed E-state index contributed by atoms with van der Waals surface area (Å²) in [5.41, 5.74) is 0.772. The quantitative estimate of drug-likeness (QED) is 0.902. The third kappa shape index (κ3) is 3.39. The molecule has 0 saturated carbocycles. The van der Waals surface area contributed by atoms with Gasteiger partial charge in [-0.15, -0.1) is 0 Å². The highest BCUT2D eigenvalue weighted by molar-refractivity contribution is 9.10. The van der Waals surface area contributed by atoms with E-state index in [4.69, 9.17) is 0 Å². The second kappa shape index (κ2) is 6.57. The molecule has 1 atom stereocenters. The first kappa shape index (κ1) is 14.6. The van der Waals surface area contributed by atoms with E-state index < -0.39 is 0 Å². The summed E-state index contributed by atoms with van der Waals surface area (Å²) >= 11 is 3.45. The van der Waals surface area contributed by atoms with Crippen molar-refractivity contribution in [3.05, 3.63) is 22.4 Å². The summed E-state index contributed by atoms with van der Waals surface area (Å²) in [5, 5.41) is 3.45. The molecule has 0 aromatic carbocycles. The number of hydrogen-bond acceptors (Lipinski definition) is 2. The number of carbonyl (C=O) groups excluding carboxylic acids is 1. The molecule has 1 aliphatic rings. The third-order valence-electron chi connectivity index (χ3n) is 3.70. The smallest absolute Gasteiger partial charge is 0.270 e. The molecule has 5 heteroatoms. The number of aryl methyl sites for hydroxylation is 1. The van der Waals surface area contributed by atoms with Gasteiger partial charge >= 0.3 is 0 Å². The monoisotopic (exact) mass is 327 g/mol. The maximum atomic E-state index is 12.6. The van der Waals surface area contributed by atoms with Crippen molar-refractivity contribution in [2.75, 3.05) is 19.6 Å². The van der Waals surface area contributed by atoms with E-state index >= 15 is 0 Å². The molecular weight excluding hydrogens is 306 g/mol. The number of nitrogens with one attached hydrogen (secondary N) is 1. The van der Waals surface area contributed by atoms with Gasteiger partial charge in [0, 0.05) is 36.3 Å². The lowest BCUT2D eigenvalue weighted by Crippen LogP contribution is -2.41. The molecule has 1 N–H and O–H groups in total. The molecule has 4 nitrogen and oxygen atoms in total. The Balaban J connectivity index is 2.10. The van der Waals surface area contributed by atoms with Crippen molar-refractivity contribution in [3.8, 4) is 0 Å². The molecule has 1 aliphatic heterocycles. The molecule has 2 rings (SSSR count). The second-order valence-corrected chi connectivity index (χ2v) is 5.88. The third-order valence-corrected chi connectivity index (χ3v) is 4.13. The summed E-state index contributed by atoms with van der Waals surface area (Å²) < 4.78 is 2.96. The van der Waals surface area contributed by atoms with Crippen LogP contribution in [0.5, 0.6) is 0 Å². The highest BCUT2D eigenvalue weighted by atomic mass is 79.9. The van der Waals surface area contributed by atoms with Crippen LogP contribution in [0.3, 0.4) is 0 Å². The van der Waals surface area contributed by atoms with Crippen LogP contribution in [-0.2, 0) is 6.54 Å². The number of nitrogens with zero attached hydrogens (tertiary/aromatic N) is 2. The Labute approximate surface area is 123 Å². The van der Waals surface area contributed by atoms with Crippen LogP contribution in [0.4, 0.5) is 0 Å². The van der Waals surface area contributed by atoms with Crippen molar-refractivity contribution >= 4 is 21.8 Å². The number of likely N-dealkylation sites (N-methyl/N-ethyl adjacent to an activating group) is 1. The first-order valence-corrected chi connectivity index (χ1v) is 7.83. The van der Waals surface area contributed by atoms with Crippen LogP contribution >= 0.6 is 15.9 Å². The zero-order valence-electron chi connectivity index (χ0n) is 11.7. The molecule has 0 aliphatic carbocycles. The summed E-state index contributed by atoms with van der Waals surface area (Å²) in [5.74, 6) is 0.128. The fraction of sp³-hybridized carbons (Fsp3) is 0.643. The molecule has 1 unspecified atom stereocenters. The first-order valence-electron chi connectivity index (χ1n) is 7.04. The van der Waals surface area contributed by atoms with Crippen LogP contribution in [0.1, 0.15) is 37.2 Å². The second-order valence-electron chi connectivity index (χ2n) is 4.97. The predicted molar refractivity (Wildman–Crippen MR) is 80.4 cm³/mol. The Bertz CT molecular complexity index is 438. The SMILES string of the molecule is CCN(CC1CCCN1)C(=O)c1cc(Br)cn1CC. The number of halogens is 1. The zero-order chi connectivity index (χ0) is 13.8. The normalized spacial score (nSPS) is 18.8. The van der Waals surface area contributed by atoms with Gasteiger partial charge in [-0.25, -0.2) is 0 Å². The van der Waals surface area contributed by atoms with Crippen LogP contribution in [-0.4, -0.2) is 41.1 Å². The van der Waals surface area contributed by atoms with Crippen molar-refractivity contribution in [1.82, 2.24) is 14.8 Å². The molecule has 0 bridgehead atoms. The molecule has 1 aromatic heterocycles. The number of carbonyl (C=O) groups is 1. The summed E-state index contributed by atoms with van der Waals surface area (Å²) in [6.07, 6.45) is 4.35. The van der Waals surface area contributed by atoms with Crippen LogP contribution in [0, 0.1) is 0 Å². The minimum absolute atomic E-state index is 0.128. The van der Waals surface area contributed by atoms with Gasteiger partial charge in [-0.1, -0.05) is 0 Å². The molecule has 1 aromatic rings. The largest absolute Gasteiger partial charge is 0.343 e. The van der Waals surface area contributed by atoms with E-state index in [0.717, 1.165) is 36.3 Å². The molecule has 19 heavy (non-hydrogen) atoms. The molecule has 106 valence electrons. The van der Waals surface area contributed by atoms with Gasteiger partial charge in [-0.05, 0) is 55.2 Å². The minimum Gasteiger partial charge on any atom is -0.343 e. The van der Waals surface area contributed by atoms with Gasteiger partial charge in [0.2, 0.25) is 0 Å². The number of aromatic nitrogens is 1. The maximum absolute atomic E-state index is 12.6. The highest BCUT2D eigenvalue weighted by Crippen LogP contribution is 2.17. The van der Waals surface area contributed by atoms with Crippen molar-refractivity contribution < 1.29 is 4.79 Å². The molecule has 0 spiro atoms. The van der Waals surface area contributed by atoms with Gasteiger partial charge in [0.25, 0.3) is 5.91 Å². The highest BCUT2D eigenvalue weighted by Gasteiger charge is 2.23. The van der Waals surface area contributed by atoms with Crippen molar-refractivity contribution in [1.29, 1.82) is 0 Å². The van der Waals surface area contributed by atoms with E-state index in [1.807, 2.05) is 28.7 Å². The fourth-order valence-electron chi connectivity index (χ4n) is 2.61. The Morgan fingerprint density at radius 1 is 1.58 bits per heavy atom. The summed E-state index contributed by atoms with van der Waals surface area (Å²) in [6.45, 7) is 7.55. The van der Waals surface area contributed by atoms with E-state index in [2.05, 4.69) is 28.2 Å². The van der Waals surface area contributed by atoms with Crippen molar-refractivity contribution in [2.45, 2.75) is 39.3 Å². The number of hydrogen-bond donors (Lipinski definition) is 1. The predicted octanol–water partition coefficient (Wildman–Crippen LogP) is 2.48. The topological polar surface area (TPSA) is 37.3 Å². The van der Waals surface area contributed by atoms with Gasteiger partial charge < -0.3 is 14.8 Å². The lowest BCUT2D eigenvalue weighted by molar-refractivity contribution is 0.0740. The Hall–Kier alpha value is -0.810. The summed E-state index contributed by atoms with van der Waals surface area (Å²) in [6, 6.07) is 2.37. The van der Waals surface area contributed by atoms with E-state index in [1.54, 1.807) is 0 Å². The summed E-state index contributed by atoms with van der Waals surface area (Å²) in [7, 11) is 0. The number of rotatable bonds is 5. The molecule has 1 saturated heterocycles. The number of amides is 1. The molecule has 0 radical (unpaired) electrons. The average Bonchev–Trinajstić information content (AvgIpc) is 3.04. The van der Waals surface area contributed by atoms with Gasteiger partial charge in [0.05, 0.1) is 0 Å². The van der Waals surface area contributed by atoms with Crippen molar-refractivity contribution in [3.63, 3.8) is 0 Å². The molecule has 1 fully saturated rings. The molecule has 1 amide bonds. The first-order chi connectivity index (χ1) is 9.15. The van der Waals surface area contributed by atoms with Gasteiger partial charge in [0.1, 0.15) is 5.69 Å². The van der Waals surface area contributed by atoms with Crippen LogP contribution < -0.4 is 5.32 Å². The molecule has 2 heterocycles. The standard InChI is InChI=1S/C14H22BrN3O/c1-3-17-9-11(15)8-13(17)14(19)18(4-2)10-12-6-5-7-16-12/h8-9,12,16H,3-7,10H2,1-2H3. The fourth-order valence-corrected chi connectivity index (χ4v) is 3.08. The van der Waals surface area contributed by atoms with E-state index in [1.165, 1.54) is 12.8 Å². The van der Waals surface area contributed by atoms with Gasteiger partial charge in [-0.3, -0.25) is 4.79 Å². The average molecular weight is 328 g/mol. The van der Waals surface area contributed by atoms with Crippen LogP contribution in [0.2, 0.25) is 0 Å². The van der Waals surface area contributed by atoms with E-state index in [-0.39, 0.29) is 5.91 Å². The summed E-state index contributed by atoms with van der Waals surface area (Å²) in [4.78, 5) is 14.6. The van der Waals surface area contributed by atoms with Crippen LogP contribution in [0.15, 0.2) is 16.7 Å². The van der Waals surface area contributed by atoms with Gasteiger partial charge in [0.15, 0.2) is 0 Å². The Kier molecular flexibility index (Phi) is 5.05. The van der Waals surface area contributed by atoms with Gasteiger partial charge in [-0.2, -0.15) is 0 Å². The van der Waals surface area contributed by atoms with E-state index in [9.17, 15) is 4.79 Å². The minimum atomic E-state index is 0.128. The Morgan fingerprint density at radius 2 is 2.37 bits per heavy atom. The molecular formula is C14H22BrN3O. The lowest BCUT2D eigenvalue weighted by Gasteiger charge is -2.25.